The van der Waals surface area contributed by atoms with E-state index in [4.69, 9.17) is 0 Å². The van der Waals surface area contributed by atoms with Crippen molar-refractivity contribution in [2.45, 2.75) is 80.9 Å². The third-order valence-corrected chi connectivity index (χ3v) is 7.77. The molecule has 4 aliphatic rings. The average Bonchev–Trinajstić information content (AvgIpc) is 3.73. The minimum absolute atomic E-state index is 0.0247. The lowest BCUT2D eigenvalue weighted by molar-refractivity contribution is -0.124. The van der Waals surface area contributed by atoms with Crippen LogP contribution >= 0.6 is 0 Å². The van der Waals surface area contributed by atoms with Gasteiger partial charge in [0.25, 0.3) is 5.91 Å². The Kier molecular flexibility index (Phi) is 4.70. The quantitative estimate of drug-likeness (QED) is 0.737. The molecule has 2 amide bonds. The highest BCUT2D eigenvalue weighted by atomic mass is 16.2. The normalized spacial score (nSPS) is 27.6. The Labute approximate surface area is 188 Å². The maximum Gasteiger partial charge on any atom is 0.253 e. The molecular weight excluding hydrogens is 400 g/mol. The number of piperidine rings is 1. The Hall–Kier alpha value is -2.89. The number of carbonyl (C=O) groups is 2. The summed E-state index contributed by atoms with van der Waals surface area (Å²) in [6, 6.07) is 15.5. The Bertz CT molecular complexity index is 1000. The fourth-order valence-electron chi connectivity index (χ4n) is 5.69. The van der Waals surface area contributed by atoms with Gasteiger partial charge in [-0.2, -0.15) is 0 Å². The van der Waals surface area contributed by atoms with Crippen molar-refractivity contribution in [3.8, 4) is 0 Å². The van der Waals surface area contributed by atoms with Gasteiger partial charge in [0.05, 0.1) is 11.0 Å². The molecule has 6 nitrogen and oxygen atoms in total. The van der Waals surface area contributed by atoms with Gasteiger partial charge in [-0.1, -0.05) is 30.3 Å². The molecule has 6 rings (SSSR count). The highest BCUT2D eigenvalue weighted by molar-refractivity contribution is 5.94. The van der Waals surface area contributed by atoms with E-state index in [0.29, 0.717) is 23.7 Å². The van der Waals surface area contributed by atoms with E-state index in [2.05, 4.69) is 32.7 Å². The highest BCUT2D eigenvalue weighted by Crippen LogP contribution is 2.49. The van der Waals surface area contributed by atoms with Crippen molar-refractivity contribution >= 4 is 17.6 Å². The van der Waals surface area contributed by atoms with E-state index in [-0.39, 0.29) is 23.3 Å². The molecule has 32 heavy (non-hydrogen) atoms. The number of aromatic nitrogens is 1. The second kappa shape index (κ2) is 7.61. The van der Waals surface area contributed by atoms with Gasteiger partial charge in [0.15, 0.2) is 0 Å². The van der Waals surface area contributed by atoms with Crippen LogP contribution in [-0.2, 0) is 10.2 Å². The molecule has 2 unspecified atom stereocenters. The Balaban J connectivity index is 1.11. The summed E-state index contributed by atoms with van der Waals surface area (Å²) in [4.78, 5) is 32.5. The number of nitrogens with one attached hydrogen (secondary N) is 2. The molecule has 2 aliphatic heterocycles. The summed E-state index contributed by atoms with van der Waals surface area (Å²) in [7, 11) is 0. The van der Waals surface area contributed by atoms with Gasteiger partial charge in [-0.05, 0) is 69.1 Å². The molecule has 4 fully saturated rings. The van der Waals surface area contributed by atoms with Crippen LogP contribution in [0, 0.1) is 0 Å². The molecule has 166 valence electrons. The van der Waals surface area contributed by atoms with Crippen molar-refractivity contribution in [3.63, 3.8) is 0 Å². The van der Waals surface area contributed by atoms with Crippen molar-refractivity contribution in [2.24, 2.45) is 0 Å². The lowest BCUT2D eigenvalue weighted by atomic mass is 9.92. The molecule has 6 heteroatoms. The van der Waals surface area contributed by atoms with Crippen LogP contribution in [0.2, 0.25) is 0 Å². The fraction of sp³-hybridized carbons (Fsp3) is 0.500. The molecular formula is C26H30N4O2. The molecule has 2 bridgehead atoms. The number of hydrogen-bond acceptors (Lipinski definition) is 4. The largest absolute Gasteiger partial charge is 0.352 e. The van der Waals surface area contributed by atoms with Crippen molar-refractivity contribution in [3.05, 3.63) is 59.8 Å². The zero-order valence-corrected chi connectivity index (χ0v) is 18.3. The maximum absolute atomic E-state index is 13.2. The van der Waals surface area contributed by atoms with Crippen molar-refractivity contribution in [1.82, 2.24) is 15.6 Å². The Morgan fingerprint density at radius 3 is 2.19 bits per heavy atom. The topological polar surface area (TPSA) is 74.3 Å². The average molecular weight is 431 g/mol. The van der Waals surface area contributed by atoms with Crippen LogP contribution in [0.25, 0.3) is 0 Å². The van der Waals surface area contributed by atoms with Crippen LogP contribution in [0.4, 0.5) is 5.82 Å². The number of benzene rings is 1. The molecule has 3 heterocycles. The number of pyridine rings is 1. The first-order valence-electron chi connectivity index (χ1n) is 12.0. The molecule has 2 N–H and O–H groups in total. The highest BCUT2D eigenvalue weighted by Gasteiger charge is 2.52. The summed E-state index contributed by atoms with van der Waals surface area (Å²) in [6.07, 6.45) is 9.93. The number of fused-ring (bicyclic) bond motifs is 2. The molecule has 1 aromatic heterocycles. The molecule has 2 saturated heterocycles. The predicted molar refractivity (Wildman–Crippen MR) is 123 cm³/mol. The van der Waals surface area contributed by atoms with Crippen LogP contribution in [0.1, 0.15) is 67.3 Å². The number of nitrogens with zero attached hydrogens (tertiary/aromatic N) is 2. The van der Waals surface area contributed by atoms with Gasteiger partial charge in [0.1, 0.15) is 5.82 Å². The van der Waals surface area contributed by atoms with Crippen LogP contribution in [-0.4, -0.2) is 41.0 Å². The van der Waals surface area contributed by atoms with Crippen LogP contribution < -0.4 is 15.5 Å². The van der Waals surface area contributed by atoms with Crippen molar-refractivity contribution in [1.29, 1.82) is 0 Å². The first-order valence-corrected chi connectivity index (χ1v) is 12.0. The van der Waals surface area contributed by atoms with E-state index in [1.807, 2.05) is 30.3 Å². The first-order chi connectivity index (χ1) is 15.6. The second-order valence-electron chi connectivity index (χ2n) is 10.0. The lowest BCUT2D eigenvalue weighted by Gasteiger charge is -2.40. The maximum atomic E-state index is 13.2. The number of carbonyl (C=O) groups excluding carboxylic acids is 2. The molecule has 0 radical (unpaired) electrons. The Morgan fingerprint density at radius 1 is 0.875 bits per heavy atom. The number of rotatable bonds is 6. The molecule has 1 aromatic carbocycles. The SMILES string of the molecule is O=C(NC1CC1)c1ccc(N2C3CCC2CC(NC(=O)C2(c4ccccc4)CC2)C3)nc1. The van der Waals surface area contributed by atoms with E-state index in [1.165, 1.54) is 0 Å². The van der Waals surface area contributed by atoms with Gasteiger partial charge in [-0.3, -0.25) is 9.59 Å². The predicted octanol–water partition coefficient (Wildman–Crippen LogP) is 3.32. The summed E-state index contributed by atoms with van der Waals surface area (Å²) >= 11 is 0. The molecule has 2 saturated carbocycles. The summed E-state index contributed by atoms with van der Waals surface area (Å²) in [5.74, 6) is 1.13. The van der Waals surface area contributed by atoms with E-state index in [0.717, 1.165) is 62.7 Å². The third-order valence-electron chi connectivity index (χ3n) is 7.77. The van der Waals surface area contributed by atoms with E-state index in [9.17, 15) is 9.59 Å². The van der Waals surface area contributed by atoms with Crippen LogP contribution in [0.3, 0.4) is 0 Å². The third kappa shape index (κ3) is 3.55. The van der Waals surface area contributed by atoms with Gasteiger partial charge in [-0.15, -0.1) is 0 Å². The van der Waals surface area contributed by atoms with Crippen molar-refractivity contribution in [2.75, 3.05) is 4.90 Å². The van der Waals surface area contributed by atoms with E-state index < -0.39 is 0 Å². The van der Waals surface area contributed by atoms with Crippen molar-refractivity contribution < 1.29 is 9.59 Å². The minimum atomic E-state index is -0.310. The molecule has 2 aliphatic carbocycles. The van der Waals surface area contributed by atoms with Gasteiger partial charge in [-0.25, -0.2) is 4.98 Å². The summed E-state index contributed by atoms with van der Waals surface area (Å²) in [6.45, 7) is 0. The Morgan fingerprint density at radius 2 is 1.59 bits per heavy atom. The molecule has 2 aromatic rings. The second-order valence-corrected chi connectivity index (χ2v) is 10.0. The fourth-order valence-corrected chi connectivity index (χ4v) is 5.69. The van der Waals surface area contributed by atoms with Gasteiger partial charge in [0.2, 0.25) is 5.91 Å². The summed E-state index contributed by atoms with van der Waals surface area (Å²) < 4.78 is 0. The number of amides is 2. The standard InChI is InChI=1S/C26H30N4O2/c31-24(28-19-7-8-19)17-6-11-23(27-16-17)30-21-9-10-22(30)15-20(14-21)29-25(32)26(12-13-26)18-4-2-1-3-5-18/h1-6,11,16,19-22H,7-10,12-15H2,(H,28,31)(H,29,32). The minimum Gasteiger partial charge on any atom is -0.352 e. The van der Waals surface area contributed by atoms with E-state index in [1.54, 1.807) is 6.20 Å². The number of anilines is 1. The van der Waals surface area contributed by atoms with Gasteiger partial charge >= 0.3 is 0 Å². The van der Waals surface area contributed by atoms with Crippen LogP contribution in [0.15, 0.2) is 48.7 Å². The zero-order chi connectivity index (χ0) is 21.7. The monoisotopic (exact) mass is 430 g/mol. The smallest absolute Gasteiger partial charge is 0.253 e. The van der Waals surface area contributed by atoms with Crippen LogP contribution in [0.5, 0.6) is 0 Å². The lowest BCUT2D eigenvalue weighted by Crippen LogP contribution is -2.52. The van der Waals surface area contributed by atoms with E-state index >= 15 is 0 Å². The van der Waals surface area contributed by atoms with Gasteiger partial charge < -0.3 is 15.5 Å². The molecule has 0 spiro atoms. The summed E-state index contributed by atoms with van der Waals surface area (Å²) in [5, 5.41) is 6.42. The zero-order valence-electron chi connectivity index (χ0n) is 18.3. The first kappa shape index (κ1) is 19.8. The molecule has 2 atom stereocenters. The number of hydrogen-bond donors (Lipinski definition) is 2. The van der Waals surface area contributed by atoms with Gasteiger partial charge in [0, 0.05) is 30.4 Å². The summed E-state index contributed by atoms with van der Waals surface area (Å²) in [5.41, 5.74) is 1.47.